The van der Waals surface area contributed by atoms with Crippen LogP contribution >= 0.6 is 15.9 Å². The van der Waals surface area contributed by atoms with Crippen LogP contribution in [0.2, 0.25) is 0 Å². The lowest BCUT2D eigenvalue weighted by Gasteiger charge is -2.27. The third-order valence-corrected chi connectivity index (χ3v) is 6.09. The minimum Gasteiger partial charge on any atom is -0.493 e. The Kier molecular flexibility index (Phi) is 8.12. The average Bonchev–Trinajstić information content (AvgIpc) is 2.94. The van der Waals surface area contributed by atoms with E-state index in [9.17, 15) is 14.7 Å². The minimum absolute atomic E-state index is 0.235. The van der Waals surface area contributed by atoms with Crippen LogP contribution in [0.5, 0.6) is 11.5 Å². The smallest absolute Gasteiger partial charge is 0.343 e. The number of aliphatic hydroxyl groups is 1. The second kappa shape index (κ2) is 11.6. The average molecular weight is 559 g/mol. The van der Waals surface area contributed by atoms with Crippen LogP contribution < -0.4 is 14.9 Å². The Morgan fingerprint density at radius 2 is 1.46 bits per heavy atom. The molecule has 186 valence electrons. The van der Waals surface area contributed by atoms with Gasteiger partial charge in [-0.05, 0) is 59.2 Å². The molecule has 7 nitrogen and oxygen atoms in total. The quantitative estimate of drug-likeness (QED) is 0.136. The van der Waals surface area contributed by atoms with E-state index in [2.05, 4.69) is 26.5 Å². The number of carbonyl (C=O) groups excluding carboxylic acids is 2. The Balaban J connectivity index is 1.50. The summed E-state index contributed by atoms with van der Waals surface area (Å²) < 4.78 is 11.7. The third-order valence-electron chi connectivity index (χ3n) is 5.56. The Bertz CT molecular complexity index is 1370. The van der Waals surface area contributed by atoms with Gasteiger partial charge >= 0.3 is 5.97 Å². The predicted molar refractivity (Wildman–Crippen MR) is 144 cm³/mol. The van der Waals surface area contributed by atoms with Gasteiger partial charge in [-0.1, -0.05) is 76.6 Å². The van der Waals surface area contributed by atoms with Crippen molar-refractivity contribution < 1.29 is 24.2 Å². The number of rotatable bonds is 8. The standard InChI is InChI=1S/C29H23BrN2O5/c1-36-26-18-20(12-17-25(26)37-27(33)21-13-15-24(30)16-14-21)19-31-32-28(34)29(35,22-8-4-2-5-9-22)23-10-6-3-7-11-23/h2-19,35H,1H3,(H,32,34)/b31-19-. The van der Waals surface area contributed by atoms with E-state index in [1.54, 1.807) is 103 Å². The van der Waals surface area contributed by atoms with E-state index < -0.39 is 17.5 Å². The van der Waals surface area contributed by atoms with E-state index in [4.69, 9.17) is 9.47 Å². The number of methoxy groups -OCH3 is 1. The molecule has 1 amide bonds. The molecule has 0 saturated heterocycles. The first-order valence-electron chi connectivity index (χ1n) is 11.2. The summed E-state index contributed by atoms with van der Waals surface area (Å²) in [5.41, 5.74) is 2.27. The van der Waals surface area contributed by atoms with Crippen molar-refractivity contribution in [3.05, 3.63) is 130 Å². The maximum absolute atomic E-state index is 13.2. The van der Waals surface area contributed by atoms with E-state index >= 15 is 0 Å². The number of amides is 1. The van der Waals surface area contributed by atoms with Gasteiger partial charge in [-0.25, -0.2) is 10.2 Å². The number of hydrazone groups is 1. The lowest BCUT2D eigenvalue weighted by Crippen LogP contribution is -2.43. The number of nitrogens with zero attached hydrogens (tertiary/aromatic N) is 1. The SMILES string of the molecule is COc1cc(/C=N\NC(=O)C(O)(c2ccccc2)c2ccccc2)ccc1OC(=O)c1ccc(Br)cc1. The van der Waals surface area contributed by atoms with Crippen LogP contribution in [-0.2, 0) is 10.4 Å². The van der Waals surface area contributed by atoms with Crippen molar-refractivity contribution in [1.82, 2.24) is 5.43 Å². The van der Waals surface area contributed by atoms with Gasteiger partial charge in [-0.15, -0.1) is 0 Å². The van der Waals surface area contributed by atoms with Gasteiger partial charge in [0.15, 0.2) is 17.1 Å². The fourth-order valence-electron chi connectivity index (χ4n) is 3.63. The highest BCUT2D eigenvalue weighted by Crippen LogP contribution is 2.30. The highest BCUT2D eigenvalue weighted by Gasteiger charge is 2.39. The molecule has 0 bridgehead atoms. The molecule has 8 heteroatoms. The van der Waals surface area contributed by atoms with Crippen molar-refractivity contribution >= 4 is 34.0 Å². The van der Waals surface area contributed by atoms with E-state index in [1.807, 2.05) is 0 Å². The molecule has 2 N–H and O–H groups in total. The Labute approximate surface area is 222 Å². The second-order valence-electron chi connectivity index (χ2n) is 7.95. The topological polar surface area (TPSA) is 97.2 Å². The molecule has 0 aliphatic carbocycles. The largest absolute Gasteiger partial charge is 0.493 e. The highest BCUT2D eigenvalue weighted by atomic mass is 79.9. The fraction of sp³-hybridized carbons (Fsp3) is 0.0690. The zero-order valence-electron chi connectivity index (χ0n) is 19.8. The number of hydrogen-bond donors (Lipinski definition) is 2. The first kappa shape index (κ1) is 25.8. The van der Waals surface area contributed by atoms with Crippen LogP contribution in [0, 0.1) is 0 Å². The molecule has 0 aliphatic heterocycles. The molecule has 0 atom stereocenters. The summed E-state index contributed by atoms with van der Waals surface area (Å²) in [5, 5.41) is 15.5. The maximum atomic E-state index is 13.2. The zero-order chi connectivity index (χ0) is 26.3. The van der Waals surface area contributed by atoms with Crippen molar-refractivity contribution in [3.8, 4) is 11.5 Å². The molecule has 0 radical (unpaired) electrons. The van der Waals surface area contributed by atoms with Crippen LogP contribution in [0.1, 0.15) is 27.0 Å². The van der Waals surface area contributed by atoms with Gasteiger partial charge in [0.25, 0.3) is 5.91 Å². The second-order valence-corrected chi connectivity index (χ2v) is 8.86. The van der Waals surface area contributed by atoms with E-state index in [1.165, 1.54) is 13.3 Å². The molecular formula is C29H23BrN2O5. The number of benzene rings is 4. The molecule has 4 aromatic carbocycles. The lowest BCUT2D eigenvalue weighted by atomic mass is 9.85. The fourth-order valence-corrected chi connectivity index (χ4v) is 3.89. The lowest BCUT2D eigenvalue weighted by molar-refractivity contribution is -0.136. The van der Waals surface area contributed by atoms with Gasteiger partial charge in [-0.2, -0.15) is 5.10 Å². The summed E-state index contributed by atoms with van der Waals surface area (Å²) in [5.74, 6) is -0.696. The van der Waals surface area contributed by atoms with Crippen molar-refractivity contribution in [2.45, 2.75) is 5.60 Å². The van der Waals surface area contributed by atoms with E-state index in [-0.39, 0.29) is 5.75 Å². The van der Waals surface area contributed by atoms with Crippen molar-refractivity contribution in [1.29, 1.82) is 0 Å². The van der Waals surface area contributed by atoms with Gasteiger partial charge in [-0.3, -0.25) is 4.79 Å². The normalized spacial score (nSPS) is 11.2. The first-order valence-corrected chi connectivity index (χ1v) is 12.0. The van der Waals surface area contributed by atoms with Crippen LogP contribution in [0.25, 0.3) is 0 Å². The van der Waals surface area contributed by atoms with Crippen LogP contribution in [-0.4, -0.2) is 30.3 Å². The van der Waals surface area contributed by atoms with Crippen LogP contribution in [0.4, 0.5) is 0 Å². The summed E-state index contributed by atoms with van der Waals surface area (Å²) in [6, 6.07) is 28.9. The summed E-state index contributed by atoms with van der Waals surface area (Å²) in [4.78, 5) is 25.6. The molecule has 0 saturated carbocycles. The summed E-state index contributed by atoms with van der Waals surface area (Å²) in [7, 11) is 1.45. The molecule has 0 unspecified atom stereocenters. The van der Waals surface area contributed by atoms with Gasteiger partial charge in [0.2, 0.25) is 0 Å². The predicted octanol–water partition coefficient (Wildman–Crippen LogP) is 5.06. The molecule has 0 fully saturated rings. The number of carbonyl (C=O) groups is 2. The first-order chi connectivity index (χ1) is 17.9. The molecule has 0 aromatic heterocycles. The van der Waals surface area contributed by atoms with Crippen LogP contribution in [0.3, 0.4) is 0 Å². The Hall–Kier alpha value is -4.27. The van der Waals surface area contributed by atoms with Gasteiger partial charge < -0.3 is 14.6 Å². The van der Waals surface area contributed by atoms with Gasteiger partial charge in [0, 0.05) is 4.47 Å². The molecule has 0 aliphatic rings. The summed E-state index contributed by atoms with van der Waals surface area (Å²) >= 11 is 3.33. The zero-order valence-corrected chi connectivity index (χ0v) is 21.4. The Morgan fingerprint density at radius 3 is 2.03 bits per heavy atom. The molecular weight excluding hydrogens is 536 g/mol. The molecule has 4 aromatic rings. The summed E-state index contributed by atoms with van der Waals surface area (Å²) in [6.07, 6.45) is 1.40. The summed E-state index contributed by atoms with van der Waals surface area (Å²) in [6.45, 7) is 0. The number of esters is 1. The monoisotopic (exact) mass is 558 g/mol. The van der Waals surface area contributed by atoms with Crippen molar-refractivity contribution in [2.24, 2.45) is 5.10 Å². The number of halogens is 1. The van der Waals surface area contributed by atoms with E-state index in [0.717, 1.165) is 4.47 Å². The third kappa shape index (κ3) is 5.94. The van der Waals surface area contributed by atoms with Crippen molar-refractivity contribution in [3.63, 3.8) is 0 Å². The highest BCUT2D eigenvalue weighted by molar-refractivity contribution is 9.10. The van der Waals surface area contributed by atoms with Crippen molar-refractivity contribution in [2.75, 3.05) is 7.11 Å². The van der Waals surface area contributed by atoms with E-state index in [0.29, 0.717) is 28.0 Å². The minimum atomic E-state index is -1.94. The van der Waals surface area contributed by atoms with Gasteiger partial charge in [0.05, 0.1) is 18.9 Å². The Morgan fingerprint density at radius 1 is 0.865 bits per heavy atom. The maximum Gasteiger partial charge on any atom is 0.343 e. The number of ether oxygens (including phenoxy) is 2. The van der Waals surface area contributed by atoms with Crippen LogP contribution in [0.15, 0.2) is 113 Å². The number of nitrogens with one attached hydrogen (secondary N) is 1. The molecule has 37 heavy (non-hydrogen) atoms. The molecule has 0 spiro atoms. The molecule has 4 rings (SSSR count). The number of hydrogen-bond acceptors (Lipinski definition) is 6. The van der Waals surface area contributed by atoms with Gasteiger partial charge in [0.1, 0.15) is 0 Å². The molecule has 0 heterocycles.